The van der Waals surface area contributed by atoms with Crippen LogP contribution in [0, 0.1) is 6.92 Å². The van der Waals surface area contributed by atoms with Gasteiger partial charge in [-0.2, -0.15) is 0 Å². The molecule has 0 saturated carbocycles. The number of thioether (sulfide) groups is 1. The molecule has 0 saturated heterocycles. The van der Waals surface area contributed by atoms with Crippen LogP contribution in [0.2, 0.25) is 0 Å². The molecule has 5 nitrogen and oxygen atoms in total. The molecule has 1 aromatic carbocycles. The van der Waals surface area contributed by atoms with E-state index in [2.05, 4.69) is 27.4 Å². The van der Waals surface area contributed by atoms with Gasteiger partial charge in [0.25, 0.3) is 0 Å². The molecule has 2 N–H and O–H groups in total. The van der Waals surface area contributed by atoms with Gasteiger partial charge in [-0.1, -0.05) is 48.5 Å². The molecule has 0 aliphatic heterocycles. The highest BCUT2D eigenvalue weighted by Crippen LogP contribution is 2.12. The van der Waals surface area contributed by atoms with Gasteiger partial charge in [-0.15, -0.1) is 5.10 Å². The molecule has 2 rings (SSSR count). The Labute approximate surface area is 128 Å². The lowest BCUT2D eigenvalue weighted by molar-refractivity contribution is -0.118. The Balaban J connectivity index is 1.72. The second kappa shape index (κ2) is 7.83. The molecule has 0 aliphatic rings. The summed E-state index contributed by atoms with van der Waals surface area (Å²) in [5.41, 5.74) is 2.31. The smallest absolute Gasteiger partial charge is 0.230 e. The first-order valence-corrected chi connectivity index (χ1v) is 8.02. The van der Waals surface area contributed by atoms with E-state index in [1.807, 2.05) is 31.2 Å². The maximum absolute atomic E-state index is 11.8. The molecule has 0 bridgehead atoms. The number of carbonyl (C=O) groups excluding carboxylic acids is 1. The Morgan fingerprint density at radius 1 is 1.33 bits per heavy atom. The van der Waals surface area contributed by atoms with Gasteiger partial charge < -0.3 is 5.32 Å². The largest absolute Gasteiger partial charge is 0.351 e. The third kappa shape index (κ3) is 5.23. The summed E-state index contributed by atoms with van der Waals surface area (Å²) in [6.45, 7) is 4.69. The summed E-state index contributed by atoms with van der Waals surface area (Å²) in [7, 11) is 0. The molecule has 0 fully saturated rings. The summed E-state index contributed by atoms with van der Waals surface area (Å²) in [6, 6.07) is 8.13. The number of rotatable bonds is 7. The van der Waals surface area contributed by atoms with Crippen LogP contribution in [0.3, 0.4) is 0 Å². The zero-order valence-electron chi connectivity index (χ0n) is 12.3. The second-order valence-corrected chi connectivity index (χ2v) is 5.81. The Morgan fingerprint density at radius 3 is 2.81 bits per heavy atom. The maximum Gasteiger partial charge on any atom is 0.230 e. The van der Waals surface area contributed by atoms with Crippen LogP contribution >= 0.6 is 11.8 Å². The first kappa shape index (κ1) is 15.6. The fourth-order valence-electron chi connectivity index (χ4n) is 1.78. The minimum Gasteiger partial charge on any atom is -0.351 e. The summed E-state index contributed by atoms with van der Waals surface area (Å²) in [4.78, 5) is 16.1. The standard InChI is InChI=1S/C15H20N4OS/c1-3-4-13-17-15(19-18-13)21-10-14(20)16-9-12-7-5-11(2)6-8-12/h5-8H,3-4,9-10H2,1-2H3,(H,16,20)(H,17,18,19). The van der Waals surface area contributed by atoms with Gasteiger partial charge in [-0.25, -0.2) is 4.98 Å². The zero-order chi connectivity index (χ0) is 15.1. The van der Waals surface area contributed by atoms with Crippen molar-refractivity contribution in [2.24, 2.45) is 0 Å². The monoisotopic (exact) mass is 304 g/mol. The predicted octanol–water partition coefficient (Wildman–Crippen LogP) is 2.47. The number of H-pyrrole nitrogens is 1. The number of aromatic amines is 1. The molecule has 112 valence electrons. The highest BCUT2D eigenvalue weighted by Gasteiger charge is 2.07. The van der Waals surface area contributed by atoms with Crippen LogP contribution in [-0.2, 0) is 17.8 Å². The maximum atomic E-state index is 11.8. The Bertz CT molecular complexity index is 580. The Morgan fingerprint density at radius 2 is 2.10 bits per heavy atom. The van der Waals surface area contributed by atoms with Crippen molar-refractivity contribution in [3.8, 4) is 0 Å². The molecule has 0 atom stereocenters. The van der Waals surface area contributed by atoms with E-state index in [9.17, 15) is 4.79 Å². The molecule has 1 amide bonds. The number of nitrogens with zero attached hydrogens (tertiary/aromatic N) is 2. The van der Waals surface area contributed by atoms with Crippen molar-refractivity contribution in [2.75, 3.05) is 5.75 Å². The SMILES string of the molecule is CCCc1nc(SCC(=O)NCc2ccc(C)cc2)n[nH]1. The number of aryl methyl sites for hydroxylation is 2. The van der Waals surface area contributed by atoms with E-state index >= 15 is 0 Å². The molecule has 2 aromatic rings. The van der Waals surface area contributed by atoms with E-state index in [-0.39, 0.29) is 5.91 Å². The number of nitrogens with one attached hydrogen (secondary N) is 2. The lowest BCUT2D eigenvalue weighted by Gasteiger charge is -2.04. The number of amides is 1. The van der Waals surface area contributed by atoms with E-state index in [0.717, 1.165) is 24.2 Å². The molecule has 1 heterocycles. The summed E-state index contributed by atoms with van der Waals surface area (Å²) in [6.07, 6.45) is 1.91. The summed E-state index contributed by atoms with van der Waals surface area (Å²) < 4.78 is 0. The third-order valence-electron chi connectivity index (χ3n) is 2.94. The summed E-state index contributed by atoms with van der Waals surface area (Å²) in [5.74, 6) is 1.19. The second-order valence-electron chi connectivity index (χ2n) is 4.87. The Hall–Kier alpha value is -1.82. The first-order valence-electron chi connectivity index (χ1n) is 7.03. The Kier molecular flexibility index (Phi) is 5.80. The van der Waals surface area contributed by atoms with Crippen LogP contribution in [0.5, 0.6) is 0 Å². The highest BCUT2D eigenvalue weighted by atomic mass is 32.2. The van der Waals surface area contributed by atoms with E-state index < -0.39 is 0 Å². The van der Waals surface area contributed by atoms with Crippen molar-refractivity contribution in [3.05, 3.63) is 41.2 Å². The molecule has 0 radical (unpaired) electrons. The van der Waals surface area contributed by atoms with E-state index in [4.69, 9.17) is 0 Å². The fourth-order valence-corrected chi connectivity index (χ4v) is 2.43. The predicted molar refractivity (Wildman–Crippen MR) is 84.1 cm³/mol. The number of aromatic nitrogens is 3. The average Bonchev–Trinajstić information content (AvgIpc) is 2.93. The first-order chi connectivity index (χ1) is 10.2. The van der Waals surface area contributed by atoms with Crippen LogP contribution in [0.25, 0.3) is 0 Å². The molecular weight excluding hydrogens is 284 g/mol. The third-order valence-corrected chi connectivity index (χ3v) is 3.79. The van der Waals surface area contributed by atoms with Crippen molar-refractivity contribution in [3.63, 3.8) is 0 Å². The van der Waals surface area contributed by atoms with Gasteiger partial charge in [-0.3, -0.25) is 9.89 Å². The van der Waals surface area contributed by atoms with E-state index in [1.54, 1.807) is 0 Å². The minimum atomic E-state index is -0.0117. The van der Waals surface area contributed by atoms with Crippen molar-refractivity contribution in [1.82, 2.24) is 20.5 Å². The average molecular weight is 304 g/mol. The van der Waals surface area contributed by atoms with E-state index in [1.165, 1.54) is 17.3 Å². The van der Waals surface area contributed by atoms with Crippen LogP contribution in [0.4, 0.5) is 0 Å². The normalized spacial score (nSPS) is 10.6. The molecule has 0 spiro atoms. The number of carbonyl (C=O) groups is 1. The van der Waals surface area contributed by atoms with Crippen LogP contribution in [0.1, 0.15) is 30.3 Å². The van der Waals surface area contributed by atoms with Gasteiger partial charge in [0, 0.05) is 13.0 Å². The van der Waals surface area contributed by atoms with Crippen molar-refractivity contribution < 1.29 is 4.79 Å². The molecule has 0 unspecified atom stereocenters. The van der Waals surface area contributed by atoms with Crippen molar-refractivity contribution >= 4 is 17.7 Å². The molecule has 21 heavy (non-hydrogen) atoms. The highest BCUT2D eigenvalue weighted by molar-refractivity contribution is 7.99. The summed E-state index contributed by atoms with van der Waals surface area (Å²) >= 11 is 1.35. The number of benzene rings is 1. The molecule has 1 aromatic heterocycles. The number of hydrogen-bond acceptors (Lipinski definition) is 4. The summed E-state index contributed by atoms with van der Waals surface area (Å²) in [5, 5.41) is 10.5. The van der Waals surface area contributed by atoms with Gasteiger partial charge >= 0.3 is 0 Å². The van der Waals surface area contributed by atoms with Crippen molar-refractivity contribution in [2.45, 2.75) is 38.4 Å². The lowest BCUT2D eigenvalue weighted by atomic mass is 10.1. The molecule has 6 heteroatoms. The zero-order valence-corrected chi connectivity index (χ0v) is 13.2. The van der Waals surface area contributed by atoms with Crippen LogP contribution in [-0.4, -0.2) is 26.8 Å². The van der Waals surface area contributed by atoms with Gasteiger partial charge in [0.1, 0.15) is 5.82 Å². The van der Waals surface area contributed by atoms with Crippen molar-refractivity contribution in [1.29, 1.82) is 0 Å². The quantitative estimate of drug-likeness (QED) is 0.771. The van der Waals surface area contributed by atoms with Gasteiger partial charge in [0.2, 0.25) is 11.1 Å². The minimum absolute atomic E-state index is 0.0117. The van der Waals surface area contributed by atoms with Gasteiger partial charge in [-0.05, 0) is 18.9 Å². The molecular formula is C15H20N4OS. The van der Waals surface area contributed by atoms with Gasteiger partial charge in [0.15, 0.2) is 0 Å². The van der Waals surface area contributed by atoms with E-state index in [0.29, 0.717) is 17.5 Å². The van der Waals surface area contributed by atoms with Crippen LogP contribution in [0.15, 0.2) is 29.4 Å². The topological polar surface area (TPSA) is 70.7 Å². The van der Waals surface area contributed by atoms with Crippen LogP contribution < -0.4 is 5.32 Å². The lowest BCUT2D eigenvalue weighted by Crippen LogP contribution is -2.24. The molecule has 0 aliphatic carbocycles. The van der Waals surface area contributed by atoms with Gasteiger partial charge in [0.05, 0.1) is 5.75 Å². The fraction of sp³-hybridized carbons (Fsp3) is 0.400. The number of hydrogen-bond donors (Lipinski definition) is 2.